The first-order valence-corrected chi connectivity index (χ1v) is 8.07. The molecule has 0 spiro atoms. The van der Waals surface area contributed by atoms with E-state index in [2.05, 4.69) is 9.62 Å². The number of halogens is 1. The van der Waals surface area contributed by atoms with Crippen LogP contribution in [0, 0.1) is 11.3 Å². The Hall–Kier alpha value is -1.13. The average molecular weight is 316 g/mol. The second-order valence-electron chi connectivity index (χ2n) is 4.66. The summed E-state index contributed by atoms with van der Waals surface area (Å²) in [6.07, 6.45) is 1.69. The molecule has 0 unspecified atom stereocenters. The lowest BCUT2D eigenvalue weighted by Crippen LogP contribution is -2.25. The third-order valence-corrected chi connectivity index (χ3v) is 4.47. The van der Waals surface area contributed by atoms with E-state index in [0.717, 1.165) is 19.4 Å². The number of rotatable bonds is 7. The largest absolute Gasteiger partial charge is 0.309 e. The minimum Gasteiger partial charge on any atom is -0.309 e. The van der Waals surface area contributed by atoms with Crippen LogP contribution in [0.25, 0.3) is 0 Å². The summed E-state index contributed by atoms with van der Waals surface area (Å²) in [5, 5.41) is 8.90. The first kappa shape index (κ1) is 16.9. The standard InChI is InChI=1S/C13H18ClN3O2S/c1-17(2)8-4-3-7-16-20(18,19)12-6-5-11(10-15)13(14)9-12/h5-6,9,16H,3-4,7-8H2,1-2H3. The van der Waals surface area contributed by atoms with Gasteiger partial charge in [-0.3, -0.25) is 0 Å². The van der Waals surface area contributed by atoms with E-state index >= 15 is 0 Å². The fourth-order valence-electron chi connectivity index (χ4n) is 1.60. The van der Waals surface area contributed by atoms with Crippen LogP contribution in [0.2, 0.25) is 5.02 Å². The summed E-state index contributed by atoms with van der Waals surface area (Å²) in [7, 11) is 0.384. The molecule has 20 heavy (non-hydrogen) atoms. The average Bonchev–Trinajstić information content (AvgIpc) is 2.37. The van der Waals surface area contributed by atoms with Crippen molar-refractivity contribution in [3.05, 3.63) is 28.8 Å². The van der Waals surface area contributed by atoms with Crippen LogP contribution in [0.4, 0.5) is 0 Å². The number of nitrogens with one attached hydrogen (secondary N) is 1. The van der Waals surface area contributed by atoms with E-state index in [1.54, 1.807) is 0 Å². The van der Waals surface area contributed by atoms with Gasteiger partial charge in [0.25, 0.3) is 0 Å². The predicted octanol–water partition coefficient (Wildman–Crippen LogP) is 1.83. The van der Waals surface area contributed by atoms with E-state index in [9.17, 15) is 8.42 Å². The third-order valence-electron chi connectivity index (χ3n) is 2.70. The van der Waals surface area contributed by atoms with E-state index in [4.69, 9.17) is 16.9 Å². The van der Waals surface area contributed by atoms with Crippen molar-refractivity contribution in [2.24, 2.45) is 0 Å². The van der Waals surface area contributed by atoms with Crippen molar-refractivity contribution in [1.29, 1.82) is 5.26 Å². The maximum atomic E-state index is 12.0. The minimum absolute atomic E-state index is 0.0779. The number of sulfonamides is 1. The molecule has 1 N–H and O–H groups in total. The second kappa shape index (κ2) is 7.60. The number of nitriles is 1. The van der Waals surface area contributed by atoms with Crippen LogP contribution < -0.4 is 4.72 Å². The molecule has 0 aliphatic rings. The molecule has 0 aliphatic heterocycles. The SMILES string of the molecule is CN(C)CCCCNS(=O)(=O)c1ccc(C#N)c(Cl)c1. The van der Waals surface area contributed by atoms with E-state index in [0.29, 0.717) is 6.54 Å². The Kier molecular flexibility index (Phi) is 6.43. The summed E-state index contributed by atoms with van der Waals surface area (Å²) >= 11 is 5.83. The first-order valence-electron chi connectivity index (χ1n) is 6.21. The lowest BCUT2D eigenvalue weighted by molar-refractivity contribution is 0.394. The van der Waals surface area contributed by atoms with Crippen molar-refractivity contribution >= 4 is 21.6 Å². The Morgan fingerprint density at radius 3 is 2.60 bits per heavy atom. The molecular weight excluding hydrogens is 298 g/mol. The summed E-state index contributed by atoms with van der Waals surface area (Å²) in [5.41, 5.74) is 0.261. The summed E-state index contributed by atoms with van der Waals surface area (Å²) in [4.78, 5) is 2.13. The van der Waals surface area contributed by atoms with Crippen LogP contribution in [-0.4, -0.2) is 40.5 Å². The topological polar surface area (TPSA) is 73.2 Å². The van der Waals surface area contributed by atoms with Crippen molar-refractivity contribution in [2.45, 2.75) is 17.7 Å². The van der Waals surface area contributed by atoms with E-state index in [1.807, 2.05) is 20.2 Å². The summed E-state index contributed by atoms with van der Waals surface area (Å²) < 4.78 is 26.6. The fraction of sp³-hybridized carbons (Fsp3) is 0.462. The Bertz CT molecular complexity index is 594. The van der Waals surface area contributed by atoms with Gasteiger partial charge in [0.05, 0.1) is 15.5 Å². The van der Waals surface area contributed by atoms with Crippen molar-refractivity contribution in [1.82, 2.24) is 9.62 Å². The molecule has 1 aromatic rings. The molecule has 0 heterocycles. The highest BCUT2D eigenvalue weighted by Crippen LogP contribution is 2.19. The normalized spacial score (nSPS) is 11.6. The summed E-state index contributed by atoms with van der Waals surface area (Å²) in [6, 6.07) is 5.97. The zero-order valence-corrected chi connectivity index (χ0v) is 13.1. The van der Waals surface area contributed by atoms with Gasteiger partial charge in [-0.2, -0.15) is 5.26 Å². The van der Waals surface area contributed by atoms with Crippen molar-refractivity contribution in [3.63, 3.8) is 0 Å². The molecule has 0 atom stereocenters. The summed E-state index contributed by atoms with van der Waals surface area (Å²) in [5.74, 6) is 0. The van der Waals surface area contributed by atoms with E-state index in [1.165, 1.54) is 18.2 Å². The zero-order valence-electron chi connectivity index (χ0n) is 11.6. The smallest absolute Gasteiger partial charge is 0.240 e. The molecule has 0 radical (unpaired) electrons. The fourth-order valence-corrected chi connectivity index (χ4v) is 2.98. The molecule has 0 bridgehead atoms. The summed E-state index contributed by atoms with van der Waals surface area (Å²) in [6.45, 7) is 1.30. The first-order chi connectivity index (χ1) is 9.36. The highest BCUT2D eigenvalue weighted by molar-refractivity contribution is 7.89. The van der Waals surface area contributed by atoms with E-state index < -0.39 is 10.0 Å². The molecule has 0 aliphatic carbocycles. The molecule has 0 amide bonds. The second-order valence-corrected chi connectivity index (χ2v) is 6.84. The monoisotopic (exact) mass is 315 g/mol. The highest BCUT2D eigenvalue weighted by Gasteiger charge is 2.14. The number of unbranched alkanes of at least 4 members (excludes halogenated alkanes) is 1. The van der Waals surface area contributed by atoms with Gasteiger partial charge < -0.3 is 4.90 Å². The predicted molar refractivity (Wildman–Crippen MR) is 79.1 cm³/mol. The minimum atomic E-state index is -3.57. The highest BCUT2D eigenvalue weighted by atomic mass is 35.5. The molecule has 0 saturated carbocycles. The number of hydrogen-bond acceptors (Lipinski definition) is 4. The maximum absolute atomic E-state index is 12.0. The van der Waals surface area contributed by atoms with Gasteiger partial charge in [0.1, 0.15) is 6.07 Å². The van der Waals surface area contributed by atoms with Crippen LogP contribution in [0.5, 0.6) is 0 Å². The number of hydrogen-bond donors (Lipinski definition) is 1. The molecule has 0 aromatic heterocycles. The third kappa shape index (κ3) is 5.10. The molecule has 110 valence electrons. The van der Waals surface area contributed by atoms with Crippen LogP contribution in [0.1, 0.15) is 18.4 Å². The Morgan fingerprint density at radius 1 is 1.35 bits per heavy atom. The molecule has 7 heteroatoms. The molecule has 1 aromatic carbocycles. The van der Waals surface area contributed by atoms with Crippen LogP contribution in [0.3, 0.4) is 0 Å². The van der Waals surface area contributed by atoms with Gasteiger partial charge in [-0.05, 0) is 51.7 Å². The quantitative estimate of drug-likeness (QED) is 0.779. The Morgan fingerprint density at radius 2 is 2.05 bits per heavy atom. The molecule has 0 fully saturated rings. The molecular formula is C13H18ClN3O2S. The zero-order chi connectivity index (χ0) is 15.2. The lowest BCUT2D eigenvalue weighted by atomic mass is 10.2. The van der Waals surface area contributed by atoms with Gasteiger partial charge in [-0.25, -0.2) is 13.1 Å². The van der Waals surface area contributed by atoms with E-state index in [-0.39, 0.29) is 15.5 Å². The molecule has 0 saturated heterocycles. The molecule has 1 rings (SSSR count). The maximum Gasteiger partial charge on any atom is 0.240 e. The van der Waals surface area contributed by atoms with Crippen molar-refractivity contribution in [3.8, 4) is 6.07 Å². The Balaban J connectivity index is 2.61. The van der Waals surface area contributed by atoms with Crippen molar-refractivity contribution < 1.29 is 8.42 Å². The van der Waals surface area contributed by atoms with Crippen LogP contribution in [-0.2, 0) is 10.0 Å². The van der Waals surface area contributed by atoms with Gasteiger partial charge in [0, 0.05) is 6.54 Å². The number of nitrogens with zero attached hydrogens (tertiary/aromatic N) is 2. The van der Waals surface area contributed by atoms with Crippen LogP contribution in [0.15, 0.2) is 23.1 Å². The Labute approximate surface area is 125 Å². The van der Waals surface area contributed by atoms with Crippen molar-refractivity contribution in [2.75, 3.05) is 27.2 Å². The lowest BCUT2D eigenvalue weighted by Gasteiger charge is -2.10. The van der Waals surface area contributed by atoms with Gasteiger partial charge >= 0.3 is 0 Å². The van der Waals surface area contributed by atoms with Crippen LogP contribution >= 0.6 is 11.6 Å². The van der Waals surface area contributed by atoms with Gasteiger partial charge in [0.2, 0.25) is 10.0 Å². The van der Waals surface area contributed by atoms with Gasteiger partial charge in [0.15, 0.2) is 0 Å². The van der Waals surface area contributed by atoms with Gasteiger partial charge in [-0.15, -0.1) is 0 Å². The number of benzene rings is 1. The van der Waals surface area contributed by atoms with Gasteiger partial charge in [-0.1, -0.05) is 11.6 Å². The molecule has 5 nitrogen and oxygen atoms in total.